The van der Waals surface area contributed by atoms with Crippen molar-refractivity contribution in [2.75, 3.05) is 0 Å². The minimum atomic E-state index is -3.91. The van der Waals surface area contributed by atoms with E-state index in [1.54, 1.807) is 35.6 Å². The zero-order valence-electron chi connectivity index (χ0n) is 21.0. The van der Waals surface area contributed by atoms with E-state index in [1.807, 2.05) is 24.4 Å². The molecule has 0 spiro atoms. The number of rotatable bonds is 14. The van der Waals surface area contributed by atoms with Crippen molar-refractivity contribution in [3.05, 3.63) is 46.7 Å². The van der Waals surface area contributed by atoms with E-state index >= 15 is 0 Å². The second kappa shape index (κ2) is 13.6. The molecule has 1 aromatic carbocycles. The molecular weight excluding hydrogens is 571 g/mol. The molecule has 1 heterocycles. The number of hydrogen-bond donors (Lipinski definition) is 2. The van der Waals surface area contributed by atoms with Gasteiger partial charge < -0.3 is 0 Å². The van der Waals surface area contributed by atoms with Crippen LogP contribution in [-0.2, 0) is 10.0 Å². The van der Waals surface area contributed by atoms with E-state index in [2.05, 4.69) is 25.8 Å². The summed E-state index contributed by atoms with van der Waals surface area (Å²) < 4.78 is 32.1. The molecule has 0 amide bonds. The van der Waals surface area contributed by atoms with Crippen molar-refractivity contribution in [2.24, 2.45) is 10.7 Å². The van der Waals surface area contributed by atoms with E-state index in [-0.39, 0.29) is 10.9 Å². The van der Waals surface area contributed by atoms with Crippen LogP contribution in [-0.4, -0.2) is 41.3 Å². The first-order chi connectivity index (χ1) is 16.2. The van der Waals surface area contributed by atoms with Crippen LogP contribution in [0.1, 0.15) is 71.1 Å². The Morgan fingerprint density at radius 2 is 1.53 bits per heavy atom. The fourth-order valence-corrected chi connectivity index (χ4v) is 27.6. The van der Waals surface area contributed by atoms with Crippen LogP contribution in [0.25, 0.3) is 0 Å². The molecule has 9 heteroatoms. The van der Waals surface area contributed by atoms with Gasteiger partial charge in [0.15, 0.2) is 0 Å². The molecule has 0 saturated heterocycles. The van der Waals surface area contributed by atoms with Crippen molar-refractivity contribution in [3.63, 3.8) is 0 Å². The van der Waals surface area contributed by atoms with E-state index in [1.165, 1.54) is 2.53 Å². The Bertz CT molecular complexity index is 1010. The van der Waals surface area contributed by atoms with Gasteiger partial charge in [-0.05, 0) is 0 Å². The predicted octanol–water partition coefficient (Wildman–Crippen LogP) is 7.12. The fraction of sp³-hybridized carbons (Fsp3) is 0.520. The number of nitrogens with zero attached hydrogens (tertiary/aromatic N) is 2. The molecule has 2 rings (SSSR count). The third kappa shape index (κ3) is 7.30. The van der Waals surface area contributed by atoms with E-state index < -0.39 is 28.7 Å². The molecule has 0 bridgehead atoms. The van der Waals surface area contributed by atoms with Gasteiger partial charge in [0, 0.05) is 0 Å². The number of unbranched alkanes of at least 4 members (excludes halogenated alkanes) is 3. The molecule has 1 aromatic heterocycles. The average molecular weight is 611 g/mol. The zero-order valence-corrected chi connectivity index (χ0v) is 25.5. The van der Waals surface area contributed by atoms with Crippen LogP contribution >= 0.6 is 11.3 Å². The van der Waals surface area contributed by atoms with E-state index in [4.69, 9.17) is 11.1 Å². The van der Waals surface area contributed by atoms with E-state index in [0.29, 0.717) is 5.69 Å². The van der Waals surface area contributed by atoms with Crippen molar-refractivity contribution in [1.82, 2.24) is 2.53 Å². The van der Waals surface area contributed by atoms with Gasteiger partial charge in [0.05, 0.1) is 0 Å². The second-order valence-electron chi connectivity index (χ2n) is 8.86. The van der Waals surface area contributed by atoms with Crippen LogP contribution in [0.2, 0.25) is 13.3 Å². The molecule has 6 nitrogen and oxygen atoms in total. The van der Waals surface area contributed by atoms with Gasteiger partial charge >= 0.3 is 216 Å². The summed E-state index contributed by atoms with van der Waals surface area (Å²) in [5, 5.41) is 10.4. The summed E-state index contributed by atoms with van der Waals surface area (Å²) in [5.74, 6) is -0.310. The molecule has 0 atom stereocenters. The fourth-order valence-electron chi connectivity index (χ4n) is 4.37. The van der Waals surface area contributed by atoms with Crippen LogP contribution in [0, 0.1) is 5.41 Å². The minimum absolute atomic E-state index is 0.195. The van der Waals surface area contributed by atoms with Crippen LogP contribution in [0.15, 0.2) is 51.7 Å². The Hall–Kier alpha value is -1.39. The van der Waals surface area contributed by atoms with Crippen LogP contribution in [0.4, 0.5) is 5.69 Å². The van der Waals surface area contributed by atoms with Gasteiger partial charge in [-0.1, -0.05) is 0 Å². The Morgan fingerprint density at radius 3 is 1.94 bits per heavy atom. The van der Waals surface area contributed by atoms with Gasteiger partial charge in [-0.15, -0.1) is 0 Å². The number of nitrogens with one attached hydrogen (secondary N) is 1. The summed E-state index contributed by atoms with van der Waals surface area (Å²) >= 11 is -1.92. The molecule has 0 aliphatic carbocycles. The van der Waals surface area contributed by atoms with E-state index in [9.17, 15) is 8.42 Å². The van der Waals surface area contributed by atoms with Gasteiger partial charge in [0.25, 0.3) is 0 Å². The average Bonchev–Trinajstić information content (AvgIpc) is 3.35. The van der Waals surface area contributed by atoms with E-state index in [0.717, 1.165) is 62.4 Å². The van der Waals surface area contributed by atoms with Gasteiger partial charge in [0.2, 0.25) is 0 Å². The molecule has 0 fully saturated rings. The predicted molar refractivity (Wildman–Crippen MR) is 148 cm³/mol. The molecule has 0 aliphatic rings. The summed E-state index contributed by atoms with van der Waals surface area (Å²) in [6.45, 7) is 8.37. The number of hydrogen-bond acceptors (Lipinski definition) is 5. The maximum absolute atomic E-state index is 14.0. The molecule has 188 valence electrons. The Labute approximate surface area is 214 Å². The second-order valence-corrected chi connectivity index (χ2v) is 25.1. The van der Waals surface area contributed by atoms with Gasteiger partial charge in [-0.2, -0.15) is 0 Å². The van der Waals surface area contributed by atoms with Crippen LogP contribution < -0.4 is 5.73 Å². The summed E-state index contributed by atoms with van der Waals surface area (Å²) in [5.41, 5.74) is 7.67. The number of benzene rings is 1. The van der Waals surface area contributed by atoms with Crippen molar-refractivity contribution < 1.29 is 8.42 Å². The molecular formula is C25H40N4O2S2Sn. The molecule has 0 radical (unpaired) electrons. The Balaban J connectivity index is 2.48. The third-order valence-corrected chi connectivity index (χ3v) is 27.5. The maximum atomic E-state index is 14.0. The monoisotopic (exact) mass is 612 g/mol. The summed E-state index contributed by atoms with van der Waals surface area (Å²) in [6.07, 6.45) is 5.99. The Morgan fingerprint density at radius 1 is 1.00 bits per heavy atom. The van der Waals surface area contributed by atoms with Gasteiger partial charge in [0.1, 0.15) is 0 Å². The molecule has 3 N–H and O–H groups in total. The number of nitrogens with two attached hydrogens (primary N) is 1. The van der Waals surface area contributed by atoms with Crippen LogP contribution in [0.5, 0.6) is 0 Å². The van der Waals surface area contributed by atoms with Gasteiger partial charge in [-0.25, -0.2) is 0 Å². The molecule has 34 heavy (non-hydrogen) atoms. The Kier molecular flexibility index (Phi) is 11.6. The summed E-state index contributed by atoms with van der Waals surface area (Å²) in [6, 6.07) is 10.7. The number of thiophene rings is 1. The SMILES string of the molecule is CCC[CH2][Sn]([CH2]CCC)([CH2]CCC)[N](C(=N)N)S(=O)(=O)c1ccc(N=C(C)c2cccs2)cc1. The first-order valence-corrected chi connectivity index (χ1v) is 22.0. The first kappa shape index (κ1) is 28.8. The van der Waals surface area contributed by atoms with Crippen molar-refractivity contribution in [2.45, 2.75) is 84.4 Å². The first-order valence-electron chi connectivity index (χ1n) is 12.3. The number of aliphatic imine (C=N–C) groups is 1. The molecule has 0 saturated carbocycles. The topological polar surface area (TPSA) is 99.6 Å². The van der Waals surface area contributed by atoms with Gasteiger partial charge in [-0.3, -0.25) is 0 Å². The zero-order chi connectivity index (χ0) is 25.2. The standard InChI is InChI=1S/C13H13N4O2S2.3C4H9.Sn/c1-9(12-3-2-8-20-12)16-10-4-6-11(7-5-10)21(18,19)17-13(14)15;3*1-3-4-2;/h2-8H,1H3,(H3-,14,15,17);3*1,3-4H2,2H3;/q-1;;;;+1. The van der Waals surface area contributed by atoms with Crippen molar-refractivity contribution >= 4 is 57.4 Å². The summed E-state index contributed by atoms with van der Waals surface area (Å²) in [7, 11) is -3.91. The number of sulfonamides is 1. The summed E-state index contributed by atoms with van der Waals surface area (Å²) in [4.78, 5) is 5.92. The normalized spacial score (nSPS) is 12.6. The molecule has 2 aromatic rings. The number of guanidine groups is 1. The quantitative estimate of drug-likeness (QED) is 0.135. The molecule has 0 unspecified atom stereocenters. The van der Waals surface area contributed by atoms with Crippen LogP contribution in [0.3, 0.4) is 0 Å². The van der Waals surface area contributed by atoms with Crippen molar-refractivity contribution in [1.29, 1.82) is 5.41 Å². The van der Waals surface area contributed by atoms with Crippen molar-refractivity contribution in [3.8, 4) is 0 Å². The molecule has 0 aliphatic heterocycles. The third-order valence-electron chi connectivity index (χ3n) is 6.19.